The smallest absolute Gasteiger partial charge is 0.308 e. The maximum Gasteiger partial charge on any atom is 0.308 e. The Hall–Kier alpha value is -1.85. The molecule has 1 rings (SSSR count). The highest BCUT2D eigenvalue weighted by atomic mass is 16.4. The van der Waals surface area contributed by atoms with E-state index in [0.29, 0.717) is 24.3 Å². The van der Waals surface area contributed by atoms with E-state index in [1.54, 1.807) is 6.20 Å². The number of nitrogens with zero attached hydrogens (tertiary/aromatic N) is 2. The van der Waals surface area contributed by atoms with E-state index in [1.807, 2.05) is 18.5 Å². The van der Waals surface area contributed by atoms with Crippen molar-refractivity contribution in [2.24, 2.45) is 11.8 Å². The summed E-state index contributed by atoms with van der Waals surface area (Å²) in [5.74, 6) is -1.20. The molecule has 1 aromatic rings. The number of aromatic nitrogens is 2. The van der Waals surface area contributed by atoms with E-state index in [1.165, 1.54) is 0 Å². The fourth-order valence-electron chi connectivity index (χ4n) is 2.45. The molecule has 1 atom stereocenters. The fourth-order valence-corrected chi connectivity index (χ4v) is 2.45. The molecule has 124 valence electrons. The first kappa shape index (κ1) is 18.2. The molecule has 0 saturated heterocycles. The van der Waals surface area contributed by atoms with Crippen LogP contribution in [0.4, 0.5) is 0 Å². The van der Waals surface area contributed by atoms with Crippen LogP contribution in [-0.2, 0) is 17.8 Å². The molecule has 0 aliphatic rings. The Morgan fingerprint density at radius 1 is 1.36 bits per heavy atom. The van der Waals surface area contributed by atoms with Crippen LogP contribution in [0.3, 0.4) is 0 Å². The third-order valence-electron chi connectivity index (χ3n) is 3.56. The number of carboxylic acid groups (broad SMARTS) is 1. The molecule has 1 aromatic heterocycles. The van der Waals surface area contributed by atoms with Crippen LogP contribution in [0.1, 0.15) is 56.6 Å². The number of carbonyl (C=O) groups is 2. The maximum absolute atomic E-state index is 12.3. The Morgan fingerprint density at radius 3 is 2.55 bits per heavy atom. The summed E-state index contributed by atoms with van der Waals surface area (Å²) < 4.78 is 1.86. The molecule has 0 bridgehead atoms. The van der Waals surface area contributed by atoms with Gasteiger partial charge in [0.25, 0.3) is 5.91 Å². The first-order valence-corrected chi connectivity index (χ1v) is 7.96. The van der Waals surface area contributed by atoms with Crippen LogP contribution < -0.4 is 5.32 Å². The summed E-state index contributed by atoms with van der Waals surface area (Å²) in [4.78, 5) is 23.4. The van der Waals surface area contributed by atoms with Gasteiger partial charge in [0.15, 0.2) is 0 Å². The van der Waals surface area contributed by atoms with Crippen LogP contribution in [0.15, 0.2) is 6.20 Å². The van der Waals surface area contributed by atoms with Gasteiger partial charge in [0, 0.05) is 13.1 Å². The predicted octanol–water partition coefficient (Wildman–Crippen LogP) is 2.33. The standard InChI is InChI=1S/C16H27N3O3/c1-5-7-12(16(21)22)8-17-15(20)13-9-18-19(10-11(3)4)14(13)6-2/h9,11-12H,5-8,10H2,1-4H3,(H,17,20)(H,21,22). The summed E-state index contributed by atoms with van der Waals surface area (Å²) >= 11 is 0. The number of aliphatic carboxylic acids is 1. The molecule has 0 saturated carbocycles. The van der Waals surface area contributed by atoms with Crippen LogP contribution in [0.25, 0.3) is 0 Å². The predicted molar refractivity (Wildman–Crippen MR) is 84.8 cm³/mol. The van der Waals surface area contributed by atoms with Crippen molar-refractivity contribution in [2.45, 2.75) is 53.5 Å². The molecular formula is C16H27N3O3. The van der Waals surface area contributed by atoms with Crippen molar-refractivity contribution in [2.75, 3.05) is 6.54 Å². The minimum Gasteiger partial charge on any atom is -0.481 e. The van der Waals surface area contributed by atoms with Gasteiger partial charge in [-0.1, -0.05) is 34.1 Å². The molecule has 1 unspecified atom stereocenters. The first-order chi connectivity index (χ1) is 10.4. The van der Waals surface area contributed by atoms with E-state index < -0.39 is 11.9 Å². The van der Waals surface area contributed by atoms with Gasteiger partial charge in [-0.25, -0.2) is 0 Å². The number of hydrogen-bond acceptors (Lipinski definition) is 3. The Bertz CT molecular complexity index is 509. The molecule has 0 aromatic carbocycles. The van der Waals surface area contributed by atoms with E-state index in [0.717, 1.165) is 18.7 Å². The second kappa shape index (κ2) is 8.56. The van der Waals surface area contributed by atoms with E-state index in [2.05, 4.69) is 24.3 Å². The van der Waals surface area contributed by atoms with Crippen LogP contribution >= 0.6 is 0 Å². The Balaban J connectivity index is 2.77. The van der Waals surface area contributed by atoms with Gasteiger partial charge in [0.05, 0.1) is 23.4 Å². The van der Waals surface area contributed by atoms with Crippen molar-refractivity contribution >= 4 is 11.9 Å². The lowest BCUT2D eigenvalue weighted by Gasteiger charge is -2.13. The lowest BCUT2D eigenvalue weighted by Crippen LogP contribution is -2.33. The number of rotatable bonds is 9. The number of carbonyl (C=O) groups excluding carboxylic acids is 1. The molecular weight excluding hydrogens is 282 g/mol. The average Bonchev–Trinajstić information content (AvgIpc) is 2.84. The van der Waals surface area contributed by atoms with Crippen molar-refractivity contribution in [1.29, 1.82) is 0 Å². The van der Waals surface area contributed by atoms with Gasteiger partial charge in [-0.2, -0.15) is 5.10 Å². The maximum atomic E-state index is 12.3. The van der Waals surface area contributed by atoms with E-state index in [4.69, 9.17) is 5.11 Å². The normalized spacial score (nSPS) is 12.4. The molecule has 0 radical (unpaired) electrons. The molecule has 2 N–H and O–H groups in total. The third kappa shape index (κ3) is 4.86. The van der Waals surface area contributed by atoms with Gasteiger partial charge >= 0.3 is 5.97 Å². The molecule has 6 heteroatoms. The van der Waals surface area contributed by atoms with Crippen molar-refractivity contribution in [3.05, 3.63) is 17.5 Å². The third-order valence-corrected chi connectivity index (χ3v) is 3.56. The summed E-state index contributed by atoms with van der Waals surface area (Å²) in [6, 6.07) is 0. The zero-order valence-corrected chi connectivity index (χ0v) is 13.9. The van der Waals surface area contributed by atoms with Crippen LogP contribution in [0.5, 0.6) is 0 Å². The second-order valence-electron chi connectivity index (χ2n) is 5.97. The van der Waals surface area contributed by atoms with Gasteiger partial charge in [-0.05, 0) is 18.8 Å². The summed E-state index contributed by atoms with van der Waals surface area (Å²) in [6.07, 6.45) is 3.63. The van der Waals surface area contributed by atoms with Gasteiger partial charge in [-0.3, -0.25) is 14.3 Å². The summed E-state index contributed by atoms with van der Waals surface area (Å²) in [5, 5.41) is 16.1. The lowest BCUT2D eigenvalue weighted by atomic mass is 10.0. The summed E-state index contributed by atoms with van der Waals surface area (Å²) in [7, 11) is 0. The van der Waals surface area contributed by atoms with Crippen molar-refractivity contribution in [3.8, 4) is 0 Å². The molecule has 1 amide bonds. The van der Waals surface area contributed by atoms with Crippen LogP contribution in [0, 0.1) is 11.8 Å². The monoisotopic (exact) mass is 309 g/mol. The van der Waals surface area contributed by atoms with E-state index in [-0.39, 0.29) is 12.5 Å². The van der Waals surface area contributed by atoms with Gasteiger partial charge in [0.2, 0.25) is 0 Å². The number of hydrogen-bond donors (Lipinski definition) is 2. The van der Waals surface area contributed by atoms with Crippen LogP contribution in [-0.4, -0.2) is 33.3 Å². The summed E-state index contributed by atoms with van der Waals surface area (Å²) in [6.45, 7) is 9.04. The first-order valence-electron chi connectivity index (χ1n) is 7.96. The van der Waals surface area contributed by atoms with Gasteiger partial charge in [0.1, 0.15) is 0 Å². The minimum absolute atomic E-state index is 0.153. The Morgan fingerprint density at radius 2 is 2.05 bits per heavy atom. The molecule has 0 fully saturated rings. The summed E-state index contributed by atoms with van der Waals surface area (Å²) in [5.41, 5.74) is 1.44. The highest BCUT2D eigenvalue weighted by Crippen LogP contribution is 2.12. The van der Waals surface area contributed by atoms with Crippen molar-refractivity contribution in [1.82, 2.24) is 15.1 Å². The highest BCUT2D eigenvalue weighted by Gasteiger charge is 2.20. The fraction of sp³-hybridized carbons (Fsp3) is 0.688. The lowest BCUT2D eigenvalue weighted by molar-refractivity contribution is -0.141. The number of nitrogens with one attached hydrogen (secondary N) is 1. The molecule has 0 aliphatic carbocycles. The Labute approximate surface area is 131 Å². The average molecular weight is 309 g/mol. The number of carboxylic acids is 1. The highest BCUT2D eigenvalue weighted by molar-refractivity contribution is 5.95. The molecule has 0 aliphatic heterocycles. The molecule has 6 nitrogen and oxygen atoms in total. The van der Waals surface area contributed by atoms with Crippen LogP contribution in [0.2, 0.25) is 0 Å². The van der Waals surface area contributed by atoms with Crippen molar-refractivity contribution in [3.63, 3.8) is 0 Å². The largest absolute Gasteiger partial charge is 0.481 e. The second-order valence-corrected chi connectivity index (χ2v) is 5.97. The van der Waals surface area contributed by atoms with E-state index in [9.17, 15) is 9.59 Å². The SMILES string of the molecule is CCCC(CNC(=O)c1cnn(CC(C)C)c1CC)C(=O)O. The molecule has 22 heavy (non-hydrogen) atoms. The van der Waals surface area contributed by atoms with E-state index >= 15 is 0 Å². The van der Waals surface area contributed by atoms with Crippen molar-refractivity contribution < 1.29 is 14.7 Å². The zero-order valence-electron chi connectivity index (χ0n) is 13.9. The zero-order chi connectivity index (χ0) is 16.7. The number of amides is 1. The Kier molecular flexibility index (Phi) is 7.08. The topological polar surface area (TPSA) is 84.2 Å². The quantitative estimate of drug-likeness (QED) is 0.733. The molecule has 1 heterocycles. The minimum atomic E-state index is -0.867. The molecule has 0 spiro atoms. The van der Waals surface area contributed by atoms with Gasteiger partial charge < -0.3 is 10.4 Å². The van der Waals surface area contributed by atoms with Gasteiger partial charge in [-0.15, -0.1) is 0 Å².